The van der Waals surface area contributed by atoms with Crippen LogP contribution in [0.15, 0.2) is 30.5 Å². The molecule has 0 aliphatic heterocycles. The van der Waals surface area contributed by atoms with E-state index in [1.54, 1.807) is 6.20 Å². The second-order valence-corrected chi connectivity index (χ2v) is 2.75. The van der Waals surface area contributed by atoms with Crippen LogP contribution in [0.1, 0.15) is 5.69 Å². The number of aromatic nitrogens is 2. The molecule has 0 bridgehead atoms. The number of fused-ring (bicyclic) bond motifs is 1. The van der Waals surface area contributed by atoms with Crippen LogP contribution < -0.4 is 0 Å². The topological polar surface area (TPSA) is 25.8 Å². The van der Waals surface area contributed by atoms with Gasteiger partial charge in [-0.2, -0.15) is 0 Å². The van der Waals surface area contributed by atoms with Crippen LogP contribution in [0, 0.1) is 0 Å². The third-order valence-electron chi connectivity index (χ3n) is 1.66. The molecule has 0 atom stereocenters. The van der Waals surface area contributed by atoms with E-state index in [9.17, 15) is 0 Å². The summed E-state index contributed by atoms with van der Waals surface area (Å²) in [5.41, 5.74) is 1.62. The first-order valence-electron chi connectivity index (χ1n) is 3.67. The molecule has 0 fully saturated rings. The molecule has 0 saturated heterocycles. The summed E-state index contributed by atoms with van der Waals surface area (Å²) in [7, 11) is 0. The van der Waals surface area contributed by atoms with Crippen molar-refractivity contribution in [2.75, 3.05) is 0 Å². The highest BCUT2D eigenvalue weighted by atomic mass is 35.5. The second-order valence-electron chi connectivity index (χ2n) is 2.49. The summed E-state index contributed by atoms with van der Waals surface area (Å²) in [4.78, 5) is 8.37. The van der Waals surface area contributed by atoms with Gasteiger partial charge in [0.05, 0.1) is 11.6 Å². The summed E-state index contributed by atoms with van der Waals surface area (Å²) < 4.78 is 0. The van der Waals surface area contributed by atoms with Gasteiger partial charge in [0.25, 0.3) is 0 Å². The van der Waals surface area contributed by atoms with E-state index in [-0.39, 0.29) is 0 Å². The first kappa shape index (κ1) is 7.50. The maximum atomic E-state index is 5.64. The van der Waals surface area contributed by atoms with Gasteiger partial charge in [0.1, 0.15) is 0 Å². The minimum atomic E-state index is 0.437. The Kier molecular flexibility index (Phi) is 1.92. The van der Waals surface area contributed by atoms with Gasteiger partial charge in [-0.15, -0.1) is 11.6 Å². The number of pyridine rings is 2. The summed E-state index contributed by atoms with van der Waals surface area (Å²) in [5.74, 6) is 0.437. The fourth-order valence-corrected chi connectivity index (χ4v) is 1.22. The summed E-state index contributed by atoms with van der Waals surface area (Å²) in [6.07, 6.45) is 1.73. The Labute approximate surface area is 75.2 Å². The molecule has 0 radical (unpaired) electrons. The molecular formula is C9H7ClN2. The van der Waals surface area contributed by atoms with Gasteiger partial charge >= 0.3 is 0 Å². The van der Waals surface area contributed by atoms with E-state index in [4.69, 9.17) is 11.6 Å². The molecule has 0 aliphatic rings. The van der Waals surface area contributed by atoms with Gasteiger partial charge in [-0.1, -0.05) is 0 Å². The number of hydrogen-bond acceptors (Lipinski definition) is 2. The van der Waals surface area contributed by atoms with E-state index in [1.165, 1.54) is 0 Å². The SMILES string of the molecule is ClCc1ccc2cccnc2n1. The summed E-state index contributed by atoms with van der Waals surface area (Å²) in [5, 5.41) is 1.05. The maximum Gasteiger partial charge on any atom is 0.159 e. The number of alkyl halides is 1. The standard InChI is InChI=1S/C9H7ClN2/c10-6-8-4-3-7-2-1-5-11-9(7)12-8/h1-5H,6H2. The van der Waals surface area contributed by atoms with Gasteiger partial charge in [0.15, 0.2) is 5.65 Å². The Balaban J connectivity index is 2.67. The molecule has 2 rings (SSSR count). The summed E-state index contributed by atoms with van der Waals surface area (Å²) in [6.45, 7) is 0. The first-order valence-corrected chi connectivity index (χ1v) is 4.20. The second kappa shape index (κ2) is 3.07. The number of halogens is 1. The minimum Gasteiger partial charge on any atom is -0.237 e. The van der Waals surface area contributed by atoms with Crippen molar-refractivity contribution in [3.8, 4) is 0 Å². The van der Waals surface area contributed by atoms with Gasteiger partial charge in [-0.3, -0.25) is 0 Å². The third kappa shape index (κ3) is 1.25. The van der Waals surface area contributed by atoms with Crippen LogP contribution >= 0.6 is 11.6 Å². The van der Waals surface area contributed by atoms with Crippen LogP contribution in [0.3, 0.4) is 0 Å². The zero-order valence-corrected chi connectivity index (χ0v) is 7.12. The first-order chi connectivity index (χ1) is 5.90. The monoisotopic (exact) mass is 178 g/mol. The molecule has 2 aromatic rings. The zero-order valence-electron chi connectivity index (χ0n) is 6.37. The van der Waals surface area contributed by atoms with Crippen molar-refractivity contribution in [3.63, 3.8) is 0 Å². The van der Waals surface area contributed by atoms with E-state index < -0.39 is 0 Å². The number of hydrogen-bond donors (Lipinski definition) is 0. The van der Waals surface area contributed by atoms with Crippen LogP contribution in [0.25, 0.3) is 11.0 Å². The van der Waals surface area contributed by atoms with Crippen molar-refractivity contribution in [1.29, 1.82) is 0 Å². The molecule has 2 heterocycles. The summed E-state index contributed by atoms with van der Waals surface area (Å²) >= 11 is 5.64. The molecule has 60 valence electrons. The summed E-state index contributed by atoms with van der Waals surface area (Å²) in [6, 6.07) is 7.77. The lowest BCUT2D eigenvalue weighted by Crippen LogP contribution is -1.87. The number of rotatable bonds is 1. The highest BCUT2D eigenvalue weighted by molar-refractivity contribution is 6.16. The third-order valence-corrected chi connectivity index (χ3v) is 1.93. The van der Waals surface area contributed by atoms with E-state index in [0.717, 1.165) is 16.7 Å². The van der Waals surface area contributed by atoms with E-state index in [2.05, 4.69) is 9.97 Å². The van der Waals surface area contributed by atoms with Crippen LogP contribution in [-0.4, -0.2) is 9.97 Å². The van der Waals surface area contributed by atoms with Crippen molar-refractivity contribution in [3.05, 3.63) is 36.2 Å². The lowest BCUT2D eigenvalue weighted by atomic mass is 10.3. The van der Waals surface area contributed by atoms with Gasteiger partial charge in [0, 0.05) is 11.6 Å². The fourth-order valence-electron chi connectivity index (χ4n) is 1.07. The van der Waals surface area contributed by atoms with Gasteiger partial charge < -0.3 is 0 Å². The normalized spacial score (nSPS) is 10.4. The molecule has 12 heavy (non-hydrogen) atoms. The Hall–Kier alpha value is -1.15. The molecule has 2 aromatic heterocycles. The van der Waals surface area contributed by atoms with Crippen molar-refractivity contribution < 1.29 is 0 Å². The van der Waals surface area contributed by atoms with Crippen molar-refractivity contribution in [2.24, 2.45) is 0 Å². The molecule has 0 saturated carbocycles. The molecule has 3 heteroatoms. The molecule has 2 nitrogen and oxygen atoms in total. The Bertz CT molecular complexity index is 400. The molecule has 0 N–H and O–H groups in total. The van der Waals surface area contributed by atoms with Crippen molar-refractivity contribution in [2.45, 2.75) is 5.88 Å². The van der Waals surface area contributed by atoms with Gasteiger partial charge in [-0.05, 0) is 24.3 Å². The molecule has 0 unspecified atom stereocenters. The molecule has 0 aliphatic carbocycles. The van der Waals surface area contributed by atoms with Crippen molar-refractivity contribution in [1.82, 2.24) is 9.97 Å². The maximum absolute atomic E-state index is 5.64. The van der Waals surface area contributed by atoms with E-state index in [0.29, 0.717) is 5.88 Å². The quantitative estimate of drug-likeness (QED) is 0.627. The average molecular weight is 179 g/mol. The van der Waals surface area contributed by atoms with Gasteiger partial charge in [-0.25, -0.2) is 9.97 Å². The molecule has 0 spiro atoms. The van der Waals surface area contributed by atoms with Crippen LogP contribution in [-0.2, 0) is 5.88 Å². The van der Waals surface area contributed by atoms with Crippen LogP contribution in [0.4, 0.5) is 0 Å². The Morgan fingerprint density at radius 3 is 3.00 bits per heavy atom. The predicted molar refractivity (Wildman–Crippen MR) is 49.1 cm³/mol. The number of nitrogens with zero attached hydrogens (tertiary/aromatic N) is 2. The Morgan fingerprint density at radius 2 is 2.17 bits per heavy atom. The van der Waals surface area contributed by atoms with E-state index >= 15 is 0 Å². The molecular weight excluding hydrogens is 172 g/mol. The predicted octanol–water partition coefficient (Wildman–Crippen LogP) is 2.37. The average Bonchev–Trinajstić information content (AvgIpc) is 2.17. The lowest BCUT2D eigenvalue weighted by molar-refractivity contribution is 1.18. The minimum absolute atomic E-state index is 0.437. The zero-order chi connectivity index (χ0) is 8.39. The van der Waals surface area contributed by atoms with Crippen LogP contribution in [0.5, 0.6) is 0 Å². The molecule has 0 aromatic carbocycles. The Morgan fingerprint density at radius 1 is 1.25 bits per heavy atom. The van der Waals surface area contributed by atoms with Gasteiger partial charge in [0.2, 0.25) is 0 Å². The van der Waals surface area contributed by atoms with Crippen LogP contribution in [0.2, 0.25) is 0 Å². The smallest absolute Gasteiger partial charge is 0.159 e. The molecule has 0 amide bonds. The van der Waals surface area contributed by atoms with E-state index in [1.807, 2.05) is 24.3 Å². The highest BCUT2D eigenvalue weighted by Gasteiger charge is 1.95. The lowest BCUT2D eigenvalue weighted by Gasteiger charge is -1.96. The van der Waals surface area contributed by atoms with Crippen molar-refractivity contribution >= 4 is 22.6 Å². The fraction of sp³-hybridized carbons (Fsp3) is 0.111. The highest BCUT2D eigenvalue weighted by Crippen LogP contribution is 2.09. The largest absolute Gasteiger partial charge is 0.237 e.